The average Bonchev–Trinajstić information content (AvgIpc) is 2.77. The van der Waals surface area contributed by atoms with Crippen molar-refractivity contribution in [2.24, 2.45) is 0 Å². The summed E-state index contributed by atoms with van der Waals surface area (Å²) >= 11 is 1.09. The summed E-state index contributed by atoms with van der Waals surface area (Å²) in [6.45, 7) is 3.47. The molecule has 1 aliphatic heterocycles. The Morgan fingerprint density at radius 2 is 1.91 bits per heavy atom. The van der Waals surface area contributed by atoms with E-state index < -0.39 is 16.7 Å². The van der Waals surface area contributed by atoms with Crippen LogP contribution in [-0.4, -0.2) is 45.6 Å². The number of thioether (sulfide) groups is 1. The molecule has 0 saturated heterocycles. The van der Waals surface area contributed by atoms with Gasteiger partial charge in [0.2, 0.25) is 0 Å². The molecule has 0 unspecified atom stereocenters. The van der Waals surface area contributed by atoms with Crippen LogP contribution < -0.4 is 0 Å². The van der Waals surface area contributed by atoms with E-state index in [9.17, 15) is 19.7 Å². The minimum Gasteiger partial charge on any atom is -0.396 e. The molecule has 0 spiro atoms. The van der Waals surface area contributed by atoms with Crippen molar-refractivity contribution >= 4 is 34.8 Å². The molecule has 8 heteroatoms. The predicted octanol–water partition coefficient (Wildman–Crippen LogP) is 1.59. The lowest BCUT2D eigenvalue weighted by atomic mass is 10.1. The molecule has 0 bridgehead atoms. The number of aliphatic hydroxyl groups is 1. The first-order chi connectivity index (χ1) is 11.0. The number of nitro benzene ring substituents is 1. The molecule has 0 fully saturated rings. The molecule has 2 amide bonds. The van der Waals surface area contributed by atoms with Crippen molar-refractivity contribution in [1.29, 1.82) is 0 Å². The summed E-state index contributed by atoms with van der Waals surface area (Å²) in [4.78, 5) is 36.3. The Labute approximate surface area is 136 Å². The molecule has 1 aliphatic rings. The van der Waals surface area contributed by atoms with Gasteiger partial charge < -0.3 is 5.11 Å². The summed E-state index contributed by atoms with van der Waals surface area (Å²) in [6, 6.07) is 5.44. The second-order valence-electron chi connectivity index (χ2n) is 4.59. The van der Waals surface area contributed by atoms with E-state index >= 15 is 0 Å². The molecule has 0 aromatic heterocycles. The van der Waals surface area contributed by atoms with Crippen molar-refractivity contribution in [3.05, 3.63) is 57.5 Å². The first-order valence-electron chi connectivity index (χ1n) is 6.71. The molecule has 2 rings (SSSR count). The summed E-state index contributed by atoms with van der Waals surface area (Å²) in [7, 11) is 0. The number of carbonyl (C=O) groups is 2. The Balaban J connectivity index is 2.45. The largest absolute Gasteiger partial charge is 0.396 e. The Bertz CT molecular complexity index is 696. The van der Waals surface area contributed by atoms with Gasteiger partial charge in [-0.2, -0.15) is 0 Å². The van der Waals surface area contributed by atoms with Gasteiger partial charge in [0.15, 0.2) is 0 Å². The topological polar surface area (TPSA) is 101 Å². The Kier molecular flexibility index (Phi) is 5.30. The second-order valence-corrected chi connectivity index (χ2v) is 5.69. The normalized spacial score (nSPS) is 14.6. The number of non-ortho nitro benzene ring substituents is 1. The quantitative estimate of drug-likeness (QED) is 0.352. The SMILES string of the molecule is C=CCN1C(=O)C(SCCO)=C(c2ccc([N+](=O)[O-])cc2)C1=O. The highest BCUT2D eigenvalue weighted by molar-refractivity contribution is 8.04. The first kappa shape index (κ1) is 16.9. The third-order valence-electron chi connectivity index (χ3n) is 3.14. The van der Waals surface area contributed by atoms with Gasteiger partial charge in [-0.3, -0.25) is 24.6 Å². The van der Waals surface area contributed by atoms with Gasteiger partial charge in [-0.15, -0.1) is 18.3 Å². The minimum absolute atomic E-state index is 0.0807. The van der Waals surface area contributed by atoms with Gasteiger partial charge in [-0.1, -0.05) is 6.08 Å². The number of carbonyl (C=O) groups excluding carboxylic acids is 2. The molecule has 23 heavy (non-hydrogen) atoms. The maximum absolute atomic E-state index is 12.5. The number of hydrogen-bond acceptors (Lipinski definition) is 6. The van der Waals surface area contributed by atoms with Crippen LogP contribution >= 0.6 is 11.8 Å². The zero-order chi connectivity index (χ0) is 17.0. The molecule has 1 aromatic carbocycles. The number of aliphatic hydroxyl groups excluding tert-OH is 1. The molecule has 1 aromatic rings. The van der Waals surface area contributed by atoms with E-state index in [4.69, 9.17) is 5.11 Å². The van der Waals surface area contributed by atoms with E-state index in [1.54, 1.807) is 0 Å². The zero-order valence-corrected chi connectivity index (χ0v) is 12.9. The summed E-state index contributed by atoms with van der Waals surface area (Å²) in [5.74, 6) is -0.641. The molecular weight excluding hydrogens is 320 g/mol. The summed E-state index contributed by atoms with van der Waals surface area (Å²) in [6.07, 6.45) is 1.45. The van der Waals surface area contributed by atoms with Crippen molar-refractivity contribution in [3.8, 4) is 0 Å². The summed E-state index contributed by atoms with van der Waals surface area (Å²) in [5.41, 5.74) is 0.532. The van der Waals surface area contributed by atoms with E-state index in [-0.39, 0.29) is 35.1 Å². The molecule has 0 aliphatic carbocycles. The van der Waals surface area contributed by atoms with Crippen LogP contribution in [0.2, 0.25) is 0 Å². The fraction of sp³-hybridized carbons (Fsp3) is 0.200. The number of rotatable bonds is 7. The van der Waals surface area contributed by atoms with E-state index in [1.807, 2.05) is 0 Å². The van der Waals surface area contributed by atoms with Crippen LogP contribution in [0.25, 0.3) is 5.57 Å². The Morgan fingerprint density at radius 1 is 1.26 bits per heavy atom. The molecule has 0 atom stereocenters. The van der Waals surface area contributed by atoms with Gasteiger partial charge in [0.25, 0.3) is 17.5 Å². The number of nitro groups is 1. The molecule has 0 saturated carbocycles. The van der Waals surface area contributed by atoms with Crippen LogP contribution in [0.5, 0.6) is 0 Å². The van der Waals surface area contributed by atoms with Gasteiger partial charge in [-0.05, 0) is 17.7 Å². The lowest BCUT2D eigenvalue weighted by Crippen LogP contribution is -2.31. The van der Waals surface area contributed by atoms with E-state index in [2.05, 4.69) is 6.58 Å². The van der Waals surface area contributed by atoms with Crippen molar-refractivity contribution < 1.29 is 19.6 Å². The number of nitrogens with zero attached hydrogens (tertiary/aromatic N) is 2. The lowest BCUT2D eigenvalue weighted by molar-refractivity contribution is -0.384. The van der Waals surface area contributed by atoms with Crippen molar-refractivity contribution in [3.63, 3.8) is 0 Å². The molecule has 120 valence electrons. The third kappa shape index (κ3) is 3.33. The van der Waals surface area contributed by atoms with Crippen LogP contribution in [0.3, 0.4) is 0 Å². The minimum atomic E-state index is -0.536. The highest BCUT2D eigenvalue weighted by Crippen LogP contribution is 2.36. The lowest BCUT2D eigenvalue weighted by Gasteiger charge is -2.11. The highest BCUT2D eigenvalue weighted by atomic mass is 32.2. The Morgan fingerprint density at radius 3 is 2.43 bits per heavy atom. The second kappa shape index (κ2) is 7.21. The van der Waals surface area contributed by atoms with Crippen LogP contribution in [0, 0.1) is 10.1 Å². The smallest absolute Gasteiger partial charge is 0.269 e. The Hall–Kier alpha value is -2.45. The average molecular weight is 334 g/mol. The van der Waals surface area contributed by atoms with Gasteiger partial charge >= 0.3 is 0 Å². The van der Waals surface area contributed by atoms with E-state index in [1.165, 1.54) is 30.3 Å². The van der Waals surface area contributed by atoms with Crippen LogP contribution in [0.1, 0.15) is 5.56 Å². The molecule has 0 radical (unpaired) electrons. The van der Waals surface area contributed by atoms with Crippen molar-refractivity contribution in [2.45, 2.75) is 0 Å². The first-order valence-corrected chi connectivity index (χ1v) is 7.69. The van der Waals surface area contributed by atoms with Crippen molar-refractivity contribution in [1.82, 2.24) is 4.90 Å². The van der Waals surface area contributed by atoms with Gasteiger partial charge in [0, 0.05) is 24.4 Å². The maximum Gasteiger partial charge on any atom is 0.269 e. The molecule has 7 nitrogen and oxygen atoms in total. The van der Waals surface area contributed by atoms with E-state index in [0.29, 0.717) is 5.56 Å². The monoisotopic (exact) mass is 334 g/mol. The van der Waals surface area contributed by atoms with Gasteiger partial charge in [0.05, 0.1) is 22.0 Å². The van der Waals surface area contributed by atoms with Crippen LogP contribution in [0.4, 0.5) is 5.69 Å². The number of benzene rings is 1. The van der Waals surface area contributed by atoms with E-state index in [0.717, 1.165) is 16.7 Å². The van der Waals surface area contributed by atoms with Crippen LogP contribution in [0.15, 0.2) is 41.8 Å². The fourth-order valence-electron chi connectivity index (χ4n) is 2.13. The van der Waals surface area contributed by atoms with Gasteiger partial charge in [0.1, 0.15) is 0 Å². The fourth-order valence-corrected chi connectivity index (χ4v) is 3.01. The zero-order valence-electron chi connectivity index (χ0n) is 12.1. The summed E-state index contributed by atoms with van der Waals surface area (Å²) < 4.78 is 0. The third-order valence-corrected chi connectivity index (χ3v) is 4.20. The number of hydrogen-bond donors (Lipinski definition) is 1. The van der Waals surface area contributed by atoms with Gasteiger partial charge in [-0.25, -0.2) is 0 Å². The number of amides is 2. The summed E-state index contributed by atoms with van der Waals surface area (Å²) in [5, 5.41) is 19.7. The maximum atomic E-state index is 12.5. The number of imide groups is 1. The predicted molar refractivity (Wildman–Crippen MR) is 86.5 cm³/mol. The molecule has 1 heterocycles. The molecular formula is C15H14N2O5S. The van der Waals surface area contributed by atoms with Crippen molar-refractivity contribution in [2.75, 3.05) is 18.9 Å². The van der Waals surface area contributed by atoms with Crippen LogP contribution in [-0.2, 0) is 9.59 Å². The molecule has 1 N–H and O–H groups in total. The standard InChI is InChI=1S/C15H14N2O5S/c1-2-7-16-14(19)12(13(15(16)20)23-9-8-18)10-3-5-11(6-4-10)17(21)22/h2-6,18H,1,7-9H2. The highest BCUT2D eigenvalue weighted by Gasteiger charge is 2.38.